The van der Waals surface area contributed by atoms with Crippen molar-refractivity contribution in [3.63, 3.8) is 0 Å². The Kier molecular flexibility index (Phi) is 6.11. The number of benzene rings is 2. The fourth-order valence-corrected chi connectivity index (χ4v) is 2.73. The predicted octanol–water partition coefficient (Wildman–Crippen LogP) is 3.88. The quantitative estimate of drug-likeness (QED) is 0.583. The van der Waals surface area contributed by atoms with E-state index in [9.17, 15) is 9.59 Å². The minimum Gasteiger partial charge on any atom is -0.467 e. The zero-order chi connectivity index (χ0) is 19.9. The zero-order valence-corrected chi connectivity index (χ0v) is 15.9. The van der Waals surface area contributed by atoms with Crippen molar-refractivity contribution in [3.8, 4) is 0 Å². The summed E-state index contributed by atoms with van der Waals surface area (Å²) in [6.07, 6.45) is 1.56. The van der Waals surface area contributed by atoms with Gasteiger partial charge in [0, 0.05) is 16.9 Å². The van der Waals surface area contributed by atoms with Gasteiger partial charge in [0.1, 0.15) is 5.76 Å². The van der Waals surface area contributed by atoms with E-state index in [0.717, 1.165) is 16.8 Å². The maximum atomic E-state index is 12.3. The van der Waals surface area contributed by atoms with Gasteiger partial charge in [-0.2, -0.15) is 0 Å². The Morgan fingerprint density at radius 3 is 2.64 bits per heavy atom. The third-order valence-corrected chi connectivity index (χ3v) is 4.24. The summed E-state index contributed by atoms with van der Waals surface area (Å²) in [7, 11) is 0. The van der Waals surface area contributed by atoms with Gasteiger partial charge in [0.2, 0.25) is 5.91 Å². The molecule has 0 bridgehead atoms. The van der Waals surface area contributed by atoms with E-state index in [0.29, 0.717) is 23.6 Å². The van der Waals surface area contributed by atoms with Gasteiger partial charge in [0.25, 0.3) is 5.91 Å². The van der Waals surface area contributed by atoms with Crippen molar-refractivity contribution in [1.82, 2.24) is 5.32 Å². The Bertz CT molecular complexity index is 965. The first kappa shape index (κ1) is 19.2. The van der Waals surface area contributed by atoms with Gasteiger partial charge in [-0.1, -0.05) is 18.2 Å². The van der Waals surface area contributed by atoms with Crippen molar-refractivity contribution in [2.24, 2.45) is 0 Å². The molecule has 0 saturated carbocycles. The van der Waals surface area contributed by atoms with E-state index in [4.69, 9.17) is 4.42 Å². The van der Waals surface area contributed by atoms with Crippen LogP contribution in [0.25, 0.3) is 0 Å². The molecule has 6 heteroatoms. The summed E-state index contributed by atoms with van der Waals surface area (Å²) < 4.78 is 5.20. The summed E-state index contributed by atoms with van der Waals surface area (Å²) in [4.78, 5) is 24.5. The van der Waals surface area contributed by atoms with Crippen LogP contribution in [0, 0.1) is 13.8 Å². The number of nitrogens with one attached hydrogen (secondary N) is 3. The number of amides is 2. The molecule has 0 unspecified atom stereocenters. The molecule has 2 amide bonds. The average Bonchev–Trinajstić information content (AvgIpc) is 3.20. The number of carbonyl (C=O) groups is 2. The Morgan fingerprint density at radius 2 is 1.86 bits per heavy atom. The second kappa shape index (κ2) is 8.90. The van der Waals surface area contributed by atoms with Crippen molar-refractivity contribution in [1.29, 1.82) is 0 Å². The minimum absolute atomic E-state index is 0.138. The van der Waals surface area contributed by atoms with Crippen LogP contribution in [0.3, 0.4) is 0 Å². The maximum Gasteiger partial charge on any atom is 0.251 e. The highest BCUT2D eigenvalue weighted by atomic mass is 16.3. The summed E-state index contributed by atoms with van der Waals surface area (Å²) >= 11 is 0. The number of hydrogen-bond donors (Lipinski definition) is 3. The van der Waals surface area contributed by atoms with Crippen molar-refractivity contribution in [2.75, 3.05) is 17.2 Å². The third kappa shape index (κ3) is 5.23. The van der Waals surface area contributed by atoms with Gasteiger partial charge in [-0.25, -0.2) is 0 Å². The molecular formula is C22H23N3O3. The van der Waals surface area contributed by atoms with Crippen LogP contribution in [0.5, 0.6) is 0 Å². The molecule has 0 fully saturated rings. The van der Waals surface area contributed by atoms with Crippen LogP contribution in [0.15, 0.2) is 65.3 Å². The summed E-state index contributed by atoms with van der Waals surface area (Å²) in [5, 5.41) is 8.74. The van der Waals surface area contributed by atoms with E-state index >= 15 is 0 Å². The van der Waals surface area contributed by atoms with Crippen molar-refractivity contribution >= 4 is 23.2 Å². The van der Waals surface area contributed by atoms with Gasteiger partial charge in [0.05, 0.1) is 19.4 Å². The molecule has 28 heavy (non-hydrogen) atoms. The highest BCUT2D eigenvalue weighted by Crippen LogP contribution is 2.16. The molecule has 0 radical (unpaired) electrons. The molecule has 0 aliphatic rings. The molecule has 1 heterocycles. The number of rotatable bonds is 7. The van der Waals surface area contributed by atoms with Crippen LogP contribution in [-0.2, 0) is 11.3 Å². The molecule has 6 nitrogen and oxygen atoms in total. The minimum atomic E-state index is -0.235. The summed E-state index contributed by atoms with van der Waals surface area (Å²) in [6.45, 7) is 4.44. The fourth-order valence-electron chi connectivity index (χ4n) is 2.73. The maximum absolute atomic E-state index is 12.3. The molecule has 0 spiro atoms. The predicted molar refractivity (Wildman–Crippen MR) is 109 cm³/mol. The Hall–Kier alpha value is -3.54. The van der Waals surface area contributed by atoms with Crippen LogP contribution in [0.4, 0.5) is 11.4 Å². The van der Waals surface area contributed by atoms with Crippen LogP contribution < -0.4 is 16.0 Å². The van der Waals surface area contributed by atoms with E-state index in [1.54, 1.807) is 42.7 Å². The Balaban J connectivity index is 1.55. The Morgan fingerprint density at radius 1 is 1.00 bits per heavy atom. The summed E-state index contributed by atoms with van der Waals surface area (Å²) in [5.41, 5.74) is 4.17. The van der Waals surface area contributed by atoms with Gasteiger partial charge in [-0.05, 0) is 61.4 Å². The van der Waals surface area contributed by atoms with Gasteiger partial charge < -0.3 is 20.4 Å². The smallest absolute Gasteiger partial charge is 0.251 e. The number of anilines is 2. The van der Waals surface area contributed by atoms with E-state index in [-0.39, 0.29) is 18.4 Å². The molecular weight excluding hydrogens is 354 g/mol. The first-order valence-electron chi connectivity index (χ1n) is 9.03. The second-order valence-electron chi connectivity index (χ2n) is 6.56. The zero-order valence-electron chi connectivity index (χ0n) is 15.9. The van der Waals surface area contributed by atoms with Gasteiger partial charge in [-0.3, -0.25) is 9.59 Å². The fraction of sp³-hybridized carbons (Fsp3) is 0.182. The average molecular weight is 377 g/mol. The van der Waals surface area contributed by atoms with Crippen LogP contribution >= 0.6 is 0 Å². The van der Waals surface area contributed by atoms with Crippen molar-refractivity contribution in [3.05, 3.63) is 83.3 Å². The van der Waals surface area contributed by atoms with Gasteiger partial charge in [-0.15, -0.1) is 0 Å². The highest BCUT2D eigenvalue weighted by Gasteiger charge is 2.09. The lowest BCUT2D eigenvalue weighted by molar-refractivity contribution is -0.114. The standard InChI is InChI=1S/C22H23N3O3/c1-15-8-9-16(2)20(11-15)23-14-21(26)25-18-6-3-5-17(12-18)22(27)24-13-19-7-4-10-28-19/h3-12,23H,13-14H2,1-2H3,(H,24,27)(H,25,26). The van der Waals surface area contributed by atoms with Gasteiger partial charge in [0.15, 0.2) is 0 Å². The summed E-state index contributed by atoms with van der Waals surface area (Å²) in [5.74, 6) is 0.255. The topological polar surface area (TPSA) is 83.4 Å². The highest BCUT2D eigenvalue weighted by molar-refractivity contribution is 5.98. The normalized spacial score (nSPS) is 10.4. The van der Waals surface area contributed by atoms with E-state index in [1.807, 2.05) is 32.0 Å². The molecule has 0 saturated heterocycles. The van der Waals surface area contributed by atoms with E-state index in [2.05, 4.69) is 16.0 Å². The molecule has 3 rings (SSSR count). The van der Waals surface area contributed by atoms with Crippen molar-refractivity contribution < 1.29 is 14.0 Å². The van der Waals surface area contributed by atoms with Crippen LogP contribution in [0.1, 0.15) is 27.2 Å². The van der Waals surface area contributed by atoms with Gasteiger partial charge >= 0.3 is 0 Å². The molecule has 1 aromatic heterocycles. The molecule has 0 aliphatic carbocycles. The molecule has 2 aromatic carbocycles. The van der Waals surface area contributed by atoms with Crippen LogP contribution in [0.2, 0.25) is 0 Å². The molecule has 3 N–H and O–H groups in total. The lowest BCUT2D eigenvalue weighted by Crippen LogP contribution is -2.24. The lowest BCUT2D eigenvalue weighted by Gasteiger charge is -2.11. The first-order chi connectivity index (χ1) is 13.5. The molecule has 0 aliphatic heterocycles. The monoisotopic (exact) mass is 377 g/mol. The number of carbonyl (C=O) groups excluding carboxylic acids is 2. The third-order valence-electron chi connectivity index (χ3n) is 4.24. The molecule has 3 aromatic rings. The first-order valence-corrected chi connectivity index (χ1v) is 9.03. The van der Waals surface area contributed by atoms with E-state index in [1.165, 1.54) is 0 Å². The summed E-state index contributed by atoms with van der Waals surface area (Å²) in [6, 6.07) is 16.4. The lowest BCUT2D eigenvalue weighted by atomic mass is 10.1. The van der Waals surface area contributed by atoms with E-state index < -0.39 is 0 Å². The number of aryl methyl sites for hydroxylation is 2. The molecule has 0 atom stereocenters. The second-order valence-corrected chi connectivity index (χ2v) is 6.56. The Labute approximate surface area is 164 Å². The largest absolute Gasteiger partial charge is 0.467 e. The van der Waals surface area contributed by atoms with Crippen LogP contribution in [-0.4, -0.2) is 18.4 Å². The number of hydrogen-bond acceptors (Lipinski definition) is 4. The molecule has 144 valence electrons. The number of furan rings is 1. The van der Waals surface area contributed by atoms with Crippen molar-refractivity contribution in [2.45, 2.75) is 20.4 Å². The SMILES string of the molecule is Cc1ccc(C)c(NCC(=O)Nc2cccc(C(=O)NCc3ccco3)c2)c1.